The first-order chi connectivity index (χ1) is 13.6. The molecule has 0 rings (SSSR count). The molecule has 0 unspecified atom stereocenters. The van der Waals surface area contributed by atoms with Crippen LogP contribution in [0.15, 0.2) is 12.2 Å². The van der Waals surface area contributed by atoms with Crippen LogP contribution in [0.3, 0.4) is 0 Å². The van der Waals surface area contributed by atoms with Gasteiger partial charge in [0.1, 0.15) is 0 Å². The van der Waals surface area contributed by atoms with Gasteiger partial charge in [-0.1, -0.05) is 103 Å². The van der Waals surface area contributed by atoms with Gasteiger partial charge in [0.15, 0.2) is 0 Å². The van der Waals surface area contributed by atoms with Gasteiger partial charge in [0, 0.05) is 13.2 Å². The first-order valence-corrected chi connectivity index (χ1v) is 15.4. The summed E-state index contributed by atoms with van der Waals surface area (Å²) in [5, 5.41) is 0. The highest BCUT2D eigenvalue weighted by Gasteiger charge is 2.23. The zero-order valence-electron chi connectivity index (χ0n) is 19.9. The SMILES string of the molecule is CCCCC/C=C/CCCO[Si](C)(C)OCCCCCCCCCCCCC. The van der Waals surface area contributed by atoms with Gasteiger partial charge in [0.05, 0.1) is 0 Å². The first kappa shape index (κ1) is 27.9. The predicted octanol–water partition coefficient (Wildman–Crippen LogP) is 8.95. The average molecular weight is 413 g/mol. The molecule has 0 heterocycles. The van der Waals surface area contributed by atoms with Crippen molar-refractivity contribution in [1.29, 1.82) is 0 Å². The number of allylic oxidation sites excluding steroid dienone is 2. The molecule has 0 saturated carbocycles. The lowest BCUT2D eigenvalue weighted by Crippen LogP contribution is -2.35. The lowest BCUT2D eigenvalue weighted by atomic mass is 10.1. The molecule has 3 heteroatoms. The second kappa shape index (κ2) is 21.6. The normalized spacial score (nSPS) is 12.3. The minimum Gasteiger partial charge on any atom is -0.395 e. The van der Waals surface area contributed by atoms with E-state index in [-0.39, 0.29) is 0 Å². The molecular formula is C25H52O2Si. The van der Waals surface area contributed by atoms with E-state index in [1.165, 1.54) is 96.3 Å². The summed E-state index contributed by atoms with van der Waals surface area (Å²) in [6, 6.07) is 0. The minimum absolute atomic E-state index is 0.844. The third-order valence-electron chi connectivity index (χ3n) is 5.30. The number of unbranched alkanes of at least 4 members (excludes halogenated alkanes) is 14. The number of rotatable bonds is 22. The molecule has 0 aliphatic heterocycles. The first-order valence-electron chi connectivity index (χ1n) is 12.5. The average Bonchev–Trinajstić information content (AvgIpc) is 2.67. The predicted molar refractivity (Wildman–Crippen MR) is 128 cm³/mol. The number of hydrogen-bond acceptors (Lipinski definition) is 2. The lowest BCUT2D eigenvalue weighted by molar-refractivity contribution is 0.174. The van der Waals surface area contributed by atoms with Crippen molar-refractivity contribution in [1.82, 2.24) is 0 Å². The van der Waals surface area contributed by atoms with Gasteiger partial charge in [-0.25, -0.2) is 0 Å². The Hall–Kier alpha value is -0.123. The zero-order chi connectivity index (χ0) is 20.8. The van der Waals surface area contributed by atoms with E-state index in [0.29, 0.717) is 0 Å². The van der Waals surface area contributed by atoms with Gasteiger partial charge >= 0.3 is 8.56 Å². The molecule has 0 bridgehead atoms. The zero-order valence-corrected chi connectivity index (χ0v) is 20.9. The molecule has 168 valence electrons. The smallest absolute Gasteiger partial charge is 0.331 e. The molecule has 0 atom stereocenters. The fraction of sp³-hybridized carbons (Fsp3) is 0.920. The van der Waals surface area contributed by atoms with Crippen molar-refractivity contribution in [2.75, 3.05) is 13.2 Å². The van der Waals surface area contributed by atoms with E-state index in [2.05, 4.69) is 39.1 Å². The van der Waals surface area contributed by atoms with Gasteiger partial charge in [-0.15, -0.1) is 0 Å². The van der Waals surface area contributed by atoms with E-state index >= 15 is 0 Å². The molecule has 0 amide bonds. The molecule has 0 aromatic heterocycles. The molecule has 28 heavy (non-hydrogen) atoms. The number of hydrogen-bond donors (Lipinski definition) is 0. The maximum absolute atomic E-state index is 6.08. The maximum Gasteiger partial charge on any atom is 0.331 e. The second-order valence-electron chi connectivity index (χ2n) is 8.74. The Morgan fingerprint density at radius 1 is 0.500 bits per heavy atom. The fourth-order valence-corrected chi connectivity index (χ4v) is 4.75. The topological polar surface area (TPSA) is 18.5 Å². The molecule has 0 N–H and O–H groups in total. The van der Waals surface area contributed by atoms with E-state index in [4.69, 9.17) is 8.85 Å². The molecule has 0 aromatic rings. The van der Waals surface area contributed by atoms with Crippen molar-refractivity contribution >= 4 is 8.56 Å². The fourth-order valence-electron chi connectivity index (χ4n) is 3.39. The van der Waals surface area contributed by atoms with Crippen molar-refractivity contribution < 1.29 is 8.85 Å². The van der Waals surface area contributed by atoms with Crippen LogP contribution in [-0.2, 0) is 8.85 Å². The summed E-state index contributed by atoms with van der Waals surface area (Å²) in [6.45, 7) is 10.6. The molecule has 0 aliphatic rings. The van der Waals surface area contributed by atoms with Crippen molar-refractivity contribution in [3.8, 4) is 0 Å². The van der Waals surface area contributed by atoms with E-state index in [1.54, 1.807) is 0 Å². The van der Waals surface area contributed by atoms with Gasteiger partial charge < -0.3 is 8.85 Å². The van der Waals surface area contributed by atoms with Crippen LogP contribution in [0, 0.1) is 0 Å². The monoisotopic (exact) mass is 412 g/mol. The van der Waals surface area contributed by atoms with Gasteiger partial charge in [0.25, 0.3) is 0 Å². The standard InChI is InChI=1S/C25H52O2Si/c1-5-7-9-11-13-15-16-17-19-21-23-25-27-28(3,4)26-24-22-20-18-14-12-10-8-6-2/h14,18H,5-13,15-17,19-25H2,1-4H3/b18-14+. The van der Waals surface area contributed by atoms with Crippen LogP contribution in [-0.4, -0.2) is 21.8 Å². The molecule has 0 spiro atoms. The Balaban J connectivity index is 3.36. The molecular weight excluding hydrogens is 360 g/mol. The molecule has 2 nitrogen and oxygen atoms in total. The molecule has 0 radical (unpaired) electrons. The largest absolute Gasteiger partial charge is 0.395 e. The summed E-state index contributed by atoms with van der Waals surface area (Å²) in [6.07, 6.45) is 27.3. The van der Waals surface area contributed by atoms with Crippen LogP contribution in [0.5, 0.6) is 0 Å². The van der Waals surface area contributed by atoms with Crippen LogP contribution in [0.25, 0.3) is 0 Å². The summed E-state index contributed by atoms with van der Waals surface area (Å²) >= 11 is 0. The molecule has 0 aromatic carbocycles. The van der Waals surface area contributed by atoms with Gasteiger partial charge in [-0.05, 0) is 45.2 Å². The van der Waals surface area contributed by atoms with Crippen molar-refractivity contribution in [2.45, 2.75) is 136 Å². The highest BCUT2D eigenvalue weighted by molar-refractivity contribution is 6.64. The van der Waals surface area contributed by atoms with Crippen molar-refractivity contribution in [2.24, 2.45) is 0 Å². The Labute approximate surface area is 179 Å². The van der Waals surface area contributed by atoms with Crippen LogP contribution in [0.1, 0.15) is 123 Å². The van der Waals surface area contributed by atoms with Gasteiger partial charge in [0.2, 0.25) is 0 Å². The Morgan fingerprint density at radius 2 is 0.893 bits per heavy atom. The van der Waals surface area contributed by atoms with Crippen molar-refractivity contribution in [3.05, 3.63) is 12.2 Å². The van der Waals surface area contributed by atoms with Crippen molar-refractivity contribution in [3.63, 3.8) is 0 Å². The highest BCUT2D eigenvalue weighted by atomic mass is 28.4. The maximum atomic E-state index is 6.08. The summed E-state index contributed by atoms with van der Waals surface area (Å²) in [5.74, 6) is 0. The lowest BCUT2D eigenvalue weighted by Gasteiger charge is -2.22. The highest BCUT2D eigenvalue weighted by Crippen LogP contribution is 2.13. The Morgan fingerprint density at radius 3 is 1.43 bits per heavy atom. The van der Waals surface area contributed by atoms with Crippen LogP contribution in [0.4, 0.5) is 0 Å². The molecule has 0 saturated heterocycles. The van der Waals surface area contributed by atoms with Crippen LogP contribution in [0.2, 0.25) is 13.1 Å². The third-order valence-corrected chi connectivity index (χ3v) is 7.10. The third kappa shape index (κ3) is 22.2. The summed E-state index contributed by atoms with van der Waals surface area (Å²) < 4.78 is 12.1. The molecule has 0 fully saturated rings. The summed E-state index contributed by atoms with van der Waals surface area (Å²) in [7, 11) is -1.91. The minimum atomic E-state index is -1.91. The van der Waals surface area contributed by atoms with Crippen LogP contribution >= 0.6 is 0 Å². The van der Waals surface area contributed by atoms with E-state index in [1.807, 2.05) is 0 Å². The summed E-state index contributed by atoms with van der Waals surface area (Å²) in [4.78, 5) is 0. The van der Waals surface area contributed by atoms with Gasteiger partial charge in [-0.2, -0.15) is 0 Å². The molecule has 0 aliphatic carbocycles. The summed E-state index contributed by atoms with van der Waals surface area (Å²) in [5.41, 5.74) is 0. The Bertz CT molecular complexity index is 329. The van der Waals surface area contributed by atoms with Crippen LogP contribution < -0.4 is 0 Å². The van der Waals surface area contributed by atoms with E-state index in [9.17, 15) is 0 Å². The van der Waals surface area contributed by atoms with E-state index < -0.39 is 8.56 Å². The quantitative estimate of drug-likeness (QED) is 0.100. The van der Waals surface area contributed by atoms with E-state index in [0.717, 1.165) is 26.1 Å². The van der Waals surface area contributed by atoms with Gasteiger partial charge in [-0.3, -0.25) is 0 Å². The second-order valence-corrected chi connectivity index (χ2v) is 12.1. The Kier molecular flexibility index (Phi) is 21.5.